The van der Waals surface area contributed by atoms with Gasteiger partial charge in [0.1, 0.15) is 5.76 Å². The third kappa shape index (κ3) is 2.05. The SMILES string of the molecule is Clc1cc(Cc2ccco2)nnc1Cl. The van der Waals surface area contributed by atoms with Crippen molar-refractivity contribution in [2.24, 2.45) is 0 Å². The molecule has 0 saturated carbocycles. The van der Waals surface area contributed by atoms with Crippen LogP contribution < -0.4 is 0 Å². The Bertz CT molecular complexity index is 428. The summed E-state index contributed by atoms with van der Waals surface area (Å²) in [5, 5.41) is 8.21. The predicted molar refractivity (Wildman–Crippen MR) is 53.6 cm³/mol. The topological polar surface area (TPSA) is 38.9 Å². The average molecular weight is 229 g/mol. The van der Waals surface area contributed by atoms with Gasteiger partial charge in [0.15, 0.2) is 5.15 Å². The van der Waals surface area contributed by atoms with E-state index >= 15 is 0 Å². The molecule has 0 atom stereocenters. The molecule has 0 amide bonds. The zero-order valence-corrected chi connectivity index (χ0v) is 8.59. The van der Waals surface area contributed by atoms with Gasteiger partial charge in [-0.2, -0.15) is 5.10 Å². The Morgan fingerprint density at radius 3 is 2.79 bits per heavy atom. The van der Waals surface area contributed by atoms with E-state index in [1.54, 1.807) is 12.3 Å². The Labute approximate surface area is 90.7 Å². The normalized spacial score (nSPS) is 10.4. The summed E-state index contributed by atoms with van der Waals surface area (Å²) in [7, 11) is 0. The largest absolute Gasteiger partial charge is 0.469 e. The summed E-state index contributed by atoms with van der Waals surface area (Å²) in [6, 6.07) is 5.36. The van der Waals surface area contributed by atoms with Gasteiger partial charge in [-0.25, -0.2) is 0 Å². The van der Waals surface area contributed by atoms with E-state index in [1.807, 2.05) is 12.1 Å². The zero-order chi connectivity index (χ0) is 9.97. The molecule has 2 aromatic heterocycles. The molecular weight excluding hydrogens is 223 g/mol. The minimum Gasteiger partial charge on any atom is -0.469 e. The van der Waals surface area contributed by atoms with E-state index in [-0.39, 0.29) is 5.15 Å². The smallest absolute Gasteiger partial charge is 0.170 e. The fourth-order valence-corrected chi connectivity index (χ4v) is 1.32. The first-order valence-electron chi connectivity index (χ1n) is 3.95. The number of rotatable bonds is 2. The van der Waals surface area contributed by atoms with Gasteiger partial charge in [-0.1, -0.05) is 23.2 Å². The molecule has 0 fully saturated rings. The molecule has 2 rings (SSSR count). The molecule has 0 radical (unpaired) electrons. The third-order valence-corrected chi connectivity index (χ3v) is 2.36. The molecular formula is C9H6Cl2N2O. The number of furan rings is 1. The second-order valence-corrected chi connectivity index (χ2v) is 3.50. The summed E-state index contributed by atoms with van der Waals surface area (Å²) in [4.78, 5) is 0. The molecule has 0 aromatic carbocycles. The van der Waals surface area contributed by atoms with Crippen LogP contribution in [-0.4, -0.2) is 10.2 Å². The van der Waals surface area contributed by atoms with Gasteiger partial charge in [-0.3, -0.25) is 0 Å². The maximum atomic E-state index is 5.79. The highest BCUT2D eigenvalue weighted by Crippen LogP contribution is 2.19. The number of hydrogen-bond donors (Lipinski definition) is 0. The summed E-state index contributed by atoms with van der Waals surface area (Å²) >= 11 is 11.4. The van der Waals surface area contributed by atoms with Crippen molar-refractivity contribution in [3.05, 3.63) is 46.1 Å². The molecule has 72 valence electrons. The van der Waals surface area contributed by atoms with Crippen molar-refractivity contribution >= 4 is 23.2 Å². The van der Waals surface area contributed by atoms with Crippen LogP contribution in [0.4, 0.5) is 0 Å². The molecule has 0 unspecified atom stereocenters. The highest BCUT2D eigenvalue weighted by atomic mass is 35.5. The van der Waals surface area contributed by atoms with Gasteiger partial charge in [-0.15, -0.1) is 5.10 Å². The van der Waals surface area contributed by atoms with Crippen LogP contribution in [0, 0.1) is 0 Å². The van der Waals surface area contributed by atoms with Gasteiger partial charge in [0.2, 0.25) is 0 Å². The summed E-state index contributed by atoms with van der Waals surface area (Å²) in [6.45, 7) is 0. The molecule has 0 spiro atoms. The lowest BCUT2D eigenvalue weighted by molar-refractivity contribution is 0.518. The predicted octanol–water partition coefficient (Wildman–Crippen LogP) is 2.97. The Kier molecular flexibility index (Phi) is 2.70. The zero-order valence-electron chi connectivity index (χ0n) is 7.08. The van der Waals surface area contributed by atoms with Gasteiger partial charge < -0.3 is 4.42 Å². The van der Waals surface area contributed by atoms with Gasteiger partial charge in [0.25, 0.3) is 0 Å². The van der Waals surface area contributed by atoms with Crippen LogP contribution >= 0.6 is 23.2 Å². The lowest BCUT2D eigenvalue weighted by atomic mass is 10.2. The molecule has 5 heteroatoms. The Morgan fingerprint density at radius 2 is 2.14 bits per heavy atom. The van der Waals surface area contributed by atoms with Crippen molar-refractivity contribution in [1.29, 1.82) is 0 Å². The summed E-state index contributed by atoms with van der Waals surface area (Å²) < 4.78 is 5.16. The van der Waals surface area contributed by atoms with Crippen molar-refractivity contribution in [2.75, 3.05) is 0 Å². The van der Waals surface area contributed by atoms with E-state index < -0.39 is 0 Å². The second kappa shape index (κ2) is 3.98. The van der Waals surface area contributed by atoms with Crippen LogP contribution in [0.1, 0.15) is 11.5 Å². The van der Waals surface area contributed by atoms with Crippen LogP contribution in [0.15, 0.2) is 28.9 Å². The first kappa shape index (κ1) is 9.49. The highest BCUT2D eigenvalue weighted by Gasteiger charge is 2.04. The fraction of sp³-hybridized carbons (Fsp3) is 0.111. The minimum absolute atomic E-state index is 0.217. The third-order valence-electron chi connectivity index (χ3n) is 1.69. The van der Waals surface area contributed by atoms with Crippen molar-refractivity contribution in [1.82, 2.24) is 10.2 Å². The van der Waals surface area contributed by atoms with E-state index in [0.717, 1.165) is 11.5 Å². The molecule has 2 aromatic rings. The molecule has 0 saturated heterocycles. The van der Waals surface area contributed by atoms with E-state index in [1.165, 1.54) is 0 Å². The van der Waals surface area contributed by atoms with Crippen LogP contribution in [0.5, 0.6) is 0 Å². The van der Waals surface area contributed by atoms with Gasteiger partial charge in [0, 0.05) is 0 Å². The molecule has 0 aliphatic carbocycles. The van der Waals surface area contributed by atoms with Gasteiger partial charge in [0.05, 0.1) is 23.4 Å². The highest BCUT2D eigenvalue weighted by molar-refractivity contribution is 6.41. The molecule has 0 N–H and O–H groups in total. The monoisotopic (exact) mass is 228 g/mol. The second-order valence-electron chi connectivity index (χ2n) is 2.73. The van der Waals surface area contributed by atoms with E-state index in [2.05, 4.69) is 10.2 Å². The summed E-state index contributed by atoms with van der Waals surface area (Å²) in [5.74, 6) is 0.817. The van der Waals surface area contributed by atoms with Gasteiger partial charge >= 0.3 is 0 Å². The average Bonchev–Trinajstić information content (AvgIpc) is 2.64. The van der Waals surface area contributed by atoms with Crippen LogP contribution in [0.2, 0.25) is 10.2 Å². The lowest BCUT2D eigenvalue weighted by Gasteiger charge is -1.98. The maximum absolute atomic E-state index is 5.79. The molecule has 0 aliphatic heterocycles. The van der Waals surface area contributed by atoms with E-state index in [9.17, 15) is 0 Å². The van der Waals surface area contributed by atoms with E-state index in [4.69, 9.17) is 27.6 Å². The Hall–Kier alpha value is -1.06. The van der Waals surface area contributed by atoms with E-state index in [0.29, 0.717) is 11.4 Å². The number of aromatic nitrogens is 2. The Balaban J connectivity index is 2.22. The maximum Gasteiger partial charge on any atom is 0.170 e. The van der Waals surface area contributed by atoms with Gasteiger partial charge in [-0.05, 0) is 18.2 Å². The lowest BCUT2D eigenvalue weighted by Crippen LogP contribution is -1.94. The molecule has 0 bridgehead atoms. The van der Waals surface area contributed by atoms with Crippen LogP contribution in [0.3, 0.4) is 0 Å². The summed E-state index contributed by atoms with van der Waals surface area (Å²) in [6.07, 6.45) is 2.18. The minimum atomic E-state index is 0.217. The number of hydrogen-bond acceptors (Lipinski definition) is 3. The quantitative estimate of drug-likeness (QED) is 0.794. The standard InChI is InChI=1S/C9H6Cl2N2O/c10-8-5-6(12-13-9(8)11)4-7-2-1-3-14-7/h1-3,5H,4H2. The van der Waals surface area contributed by atoms with Crippen molar-refractivity contribution in [2.45, 2.75) is 6.42 Å². The first-order valence-corrected chi connectivity index (χ1v) is 4.71. The molecule has 14 heavy (non-hydrogen) atoms. The van der Waals surface area contributed by atoms with Crippen molar-refractivity contribution < 1.29 is 4.42 Å². The molecule has 0 aliphatic rings. The van der Waals surface area contributed by atoms with Crippen molar-refractivity contribution in [3.63, 3.8) is 0 Å². The fourth-order valence-electron chi connectivity index (χ4n) is 1.07. The molecule has 3 nitrogen and oxygen atoms in total. The first-order chi connectivity index (χ1) is 6.75. The van der Waals surface area contributed by atoms with Crippen molar-refractivity contribution in [3.8, 4) is 0 Å². The van der Waals surface area contributed by atoms with Crippen LogP contribution in [0.25, 0.3) is 0 Å². The number of halogens is 2. The number of nitrogens with zero attached hydrogens (tertiary/aromatic N) is 2. The molecule has 2 heterocycles. The Morgan fingerprint density at radius 1 is 1.29 bits per heavy atom. The van der Waals surface area contributed by atoms with Crippen LogP contribution in [-0.2, 0) is 6.42 Å². The summed E-state index contributed by atoms with van der Waals surface area (Å²) in [5.41, 5.74) is 0.731.